The van der Waals surface area contributed by atoms with Crippen LogP contribution in [0.15, 0.2) is 53.7 Å². The molecule has 86 valence electrons. The Kier molecular flexibility index (Phi) is 2.77. The van der Waals surface area contributed by atoms with Crippen LogP contribution in [-0.2, 0) is 0 Å². The summed E-state index contributed by atoms with van der Waals surface area (Å²) in [6.07, 6.45) is 2.98. The lowest BCUT2D eigenvalue weighted by atomic mass is 10.1. The number of aromatic nitrogens is 1. The maximum absolute atomic E-state index is 5.62. The molecule has 0 bridgehead atoms. The average molecular weight is 242 g/mol. The van der Waals surface area contributed by atoms with Gasteiger partial charge >= 0.3 is 0 Å². The van der Waals surface area contributed by atoms with Gasteiger partial charge < -0.3 is 5.73 Å². The summed E-state index contributed by atoms with van der Waals surface area (Å²) in [5, 5.41) is 1.75. The first-order chi connectivity index (χ1) is 8.33. The highest BCUT2D eigenvalue weighted by atomic mass is 32.2. The molecule has 2 aromatic rings. The Balaban J connectivity index is 1.64. The van der Waals surface area contributed by atoms with Crippen LogP contribution in [0.2, 0.25) is 0 Å². The summed E-state index contributed by atoms with van der Waals surface area (Å²) in [7, 11) is 0. The number of pyridine rings is 1. The van der Waals surface area contributed by atoms with Gasteiger partial charge in [0.15, 0.2) is 0 Å². The Hall–Kier alpha value is -1.48. The van der Waals surface area contributed by atoms with E-state index in [4.69, 9.17) is 5.73 Å². The largest absolute Gasteiger partial charge is 0.397 e. The Morgan fingerprint density at radius 3 is 2.65 bits per heavy atom. The number of benzene rings is 1. The number of nitrogens with two attached hydrogens (primary N) is 1. The van der Waals surface area contributed by atoms with Gasteiger partial charge in [-0.1, -0.05) is 30.3 Å². The fourth-order valence-corrected chi connectivity index (χ4v) is 3.16. The topological polar surface area (TPSA) is 38.9 Å². The van der Waals surface area contributed by atoms with Crippen molar-refractivity contribution in [1.82, 2.24) is 4.98 Å². The Morgan fingerprint density at radius 1 is 1.12 bits per heavy atom. The minimum Gasteiger partial charge on any atom is -0.397 e. The van der Waals surface area contributed by atoms with Crippen molar-refractivity contribution in [3.8, 4) is 0 Å². The molecule has 17 heavy (non-hydrogen) atoms. The normalized spacial score (nSPS) is 22.4. The highest BCUT2D eigenvalue weighted by molar-refractivity contribution is 8.00. The fraction of sp³-hybridized carbons (Fsp3) is 0.214. The number of hydrogen-bond acceptors (Lipinski definition) is 3. The zero-order valence-corrected chi connectivity index (χ0v) is 10.2. The number of hydrogen-bond donors (Lipinski definition) is 1. The van der Waals surface area contributed by atoms with Gasteiger partial charge in [-0.2, -0.15) is 0 Å². The van der Waals surface area contributed by atoms with Gasteiger partial charge in [-0.15, -0.1) is 11.8 Å². The summed E-state index contributed by atoms with van der Waals surface area (Å²) in [5.41, 5.74) is 7.79. The molecule has 0 spiro atoms. The van der Waals surface area contributed by atoms with Crippen LogP contribution in [0.4, 0.5) is 5.69 Å². The molecular weight excluding hydrogens is 228 g/mol. The van der Waals surface area contributed by atoms with Crippen molar-refractivity contribution in [2.45, 2.75) is 22.6 Å². The van der Waals surface area contributed by atoms with Crippen molar-refractivity contribution in [3.05, 3.63) is 54.2 Å². The van der Waals surface area contributed by atoms with E-state index >= 15 is 0 Å². The van der Waals surface area contributed by atoms with Gasteiger partial charge in [0.2, 0.25) is 0 Å². The molecule has 1 aromatic heterocycles. The van der Waals surface area contributed by atoms with Crippen LogP contribution >= 0.6 is 11.8 Å². The van der Waals surface area contributed by atoms with E-state index in [1.165, 1.54) is 12.0 Å². The molecule has 1 aliphatic carbocycles. The Bertz CT molecular complexity index is 495. The van der Waals surface area contributed by atoms with Crippen LogP contribution in [0.1, 0.15) is 17.9 Å². The lowest BCUT2D eigenvalue weighted by Crippen LogP contribution is -1.88. The van der Waals surface area contributed by atoms with Gasteiger partial charge in [0.1, 0.15) is 0 Å². The maximum Gasteiger partial charge on any atom is 0.0964 e. The standard InChI is InChI=1S/C14H14N2S/c15-11-6-7-14(16-9-11)17-13-8-12(13)10-4-2-1-3-5-10/h1-7,9,12-13H,8,15H2. The quantitative estimate of drug-likeness (QED) is 0.897. The third-order valence-electron chi connectivity index (χ3n) is 2.99. The molecular formula is C14H14N2S. The molecule has 1 saturated carbocycles. The highest BCUT2D eigenvalue weighted by Crippen LogP contribution is 2.51. The first-order valence-electron chi connectivity index (χ1n) is 5.76. The summed E-state index contributed by atoms with van der Waals surface area (Å²) in [6, 6.07) is 14.6. The Morgan fingerprint density at radius 2 is 1.94 bits per heavy atom. The van der Waals surface area contributed by atoms with Gasteiger partial charge in [0, 0.05) is 5.25 Å². The minimum atomic E-state index is 0.675. The smallest absolute Gasteiger partial charge is 0.0964 e. The molecule has 0 saturated heterocycles. The zero-order chi connectivity index (χ0) is 11.7. The average Bonchev–Trinajstić information content (AvgIpc) is 3.13. The van der Waals surface area contributed by atoms with E-state index in [0.29, 0.717) is 11.2 Å². The second kappa shape index (κ2) is 4.41. The number of anilines is 1. The second-order valence-corrected chi connectivity index (χ2v) is 5.60. The SMILES string of the molecule is Nc1ccc(SC2CC2c2ccccc2)nc1. The van der Waals surface area contributed by atoms with Crippen LogP contribution in [-0.4, -0.2) is 10.2 Å². The molecule has 3 rings (SSSR count). The third kappa shape index (κ3) is 2.44. The monoisotopic (exact) mass is 242 g/mol. The van der Waals surface area contributed by atoms with E-state index in [0.717, 1.165) is 10.7 Å². The summed E-state index contributed by atoms with van der Waals surface area (Å²) in [6.45, 7) is 0. The van der Waals surface area contributed by atoms with E-state index in [1.807, 2.05) is 23.9 Å². The van der Waals surface area contributed by atoms with Crippen LogP contribution in [0.5, 0.6) is 0 Å². The summed E-state index contributed by atoms with van der Waals surface area (Å²) in [4.78, 5) is 4.32. The van der Waals surface area contributed by atoms with Gasteiger partial charge in [0.25, 0.3) is 0 Å². The third-order valence-corrected chi connectivity index (χ3v) is 4.30. The predicted octanol–water partition coefficient (Wildman–Crippen LogP) is 3.31. The molecule has 2 atom stereocenters. The second-order valence-electron chi connectivity index (χ2n) is 4.34. The van der Waals surface area contributed by atoms with E-state index in [9.17, 15) is 0 Å². The minimum absolute atomic E-state index is 0.675. The number of nitrogen functional groups attached to an aromatic ring is 1. The summed E-state index contributed by atoms with van der Waals surface area (Å²) >= 11 is 1.85. The van der Waals surface area contributed by atoms with Crippen molar-refractivity contribution in [1.29, 1.82) is 0 Å². The first-order valence-corrected chi connectivity index (χ1v) is 6.64. The van der Waals surface area contributed by atoms with Crippen molar-refractivity contribution in [3.63, 3.8) is 0 Å². The van der Waals surface area contributed by atoms with Crippen LogP contribution in [0.3, 0.4) is 0 Å². The van der Waals surface area contributed by atoms with E-state index in [2.05, 4.69) is 35.3 Å². The van der Waals surface area contributed by atoms with Crippen LogP contribution in [0, 0.1) is 0 Å². The lowest BCUT2D eigenvalue weighted by molar-refractivity contribution is 1.11. The highest BCUT2D eigenvalue weighted by Gasteiger charge is 2.39. The van der Waals surface area contributed by atoms with Gasteiger partial charge in [-0.25, -0.2) is 4.98 Å². The lowest BCUT2D eigenvalue weighted by Gasteiger charge is -2.01. The predicted molar refractivity (Wildman–Crippen MR) is 72.1 cm³/mol. The van der Waals surface area contributed by atoms with Gasteiger partial charge in [0.05, 0.1) is 16.9 Å². The van der Waals surface area contributed by atoms with Crippen molar-refractivity contribution >= 4 is 17.4 Å². The molecule has 1 heterocycles. The first kappa shape index (κ1) is 10.7. The number of thioether (sulfide) groups is 1. The van der Waals surface area contributed by atoms with E-state index in [-0.39, 0.29) is 0 Å². The molecule has 2 N–H and O–H groups in total. The van der Waals surface area contributed by atoms with Crippen molar-refractivity contribution < 1.29 is 0 Å². The van der Waals surface area contributed by atoms with Crippen LogP contribution < -0.4 is 5.73 Å². The van der Waals surface area contributed by atoms with E-state index < -0.39 is 0 Å². The maximum atomic E-state index is 5.62. The van der Waals surface area contributed by atoms with Gasteiger partial charge in [-0.05, 0) is 30.0 Å². The number of nitrogens with zero attached hydrogens (tertiary/aromatic N) is 1. The molecule has 1 fully saturated rings. The van der Waals surface area contributed by atoms with Gasteiger partial charge in [-0.3, -0.25) is 0 Å². The molecule has 0 radical (unpaired) electrons. The molecule has 1 aliphatic rings. The van der Waals surface area contributed by atoms with Crippen molar-refractivity contribution in [2.24, 2.45) is 0 Å². The molecule has 2 unspecified atom stereocenters. The molecule has 0 aliphatic heterocycles. The molecule has 3 heteroatoms. The zero-order valence-electron chi connectivity index (χ0n) is 9.41. The summed E-state index contributed by atoms with van der Waals surface area (Å²) in [5.74, 6) is 0.695. The molecule has 1 aromatic carbocycles. The van der Waals surface area contributed by atoms with Crippen LogP contribution in [0.25, 0.3) is 0 Å². The summed E-state index contributed by atoms with van der Waals surface area (Å²) < 4.78 is 0. The number of rotatable bonds is 3. The molecule has 0 amide bonds. The molecule has 2 nitrogen and oxygen atoms in total. The van der Waals surface area contributed by atoms with Crippen molar-refractivity contribution in [2.75, 3.05) is 5.73 Å². The fourth-order valence-electron chi connectivity index (χ4n) is 1.97. The Labute approximate surface area is 105 Å². The van der Waals surface area contributed by atoms with E-state index in [1.54, 1.807) is 6.20 Å².